The molecule has 0 aliphatic carbocycles. The third-order valence-electron chi connectivity index (χ3n) is 3.10. The summed E-state index contributed by atoms with van der Waals surface area (Å²) < 4.78 is 0. The average Bonchev–Trinajstić information content (AvgIpc) is 2.58. The van der Waals surface area contributed by atoms with Crippen LogP contribution in [0.2, 0.25) is 0 Å². The second-order valence-corrected chi connectivity index (χ2v) is 4.93. The maximum atomic E-state index is 6.23. The van der Waals surface area contributed by atoms with Gasteiger partial charge in [-0.2, -0.15) is 11.8 Å². The van der Waals surface area contributed by atoms with Gasteiger partial charge < -0.3 is 5.73 Å². The minimum atomic E-state index is 0.468. The molecule has 0 aromatic rings. The van der Waals surface area contributed by atoms with Gasteiger partial charge in [0.05, 0.1) is 0 Å². The van der Waals surface area contributed by atoms with Crippen LogP contribution >= 0.6 is 11.8 Å². The van der Waals surface area contributed by atoms with Crippen molar-refractivity contribution < 1.29 is 0 Å². The fraction of sp³-hybridized carbons (Fsp3) is 1.00. The van der Waals surface area contributed by atoms with E-state index in [4.69, 9.17) is 5.73 Å². The van der Waals surface area contributed by atoms with Crippen molar-refractivity contribution in [3.8, 4) is 0 Å². The van der Waals surface area contributed by atoms with Crippen LogP contribution in [0.4, 0.5) is 0 Å². The van der Waals surface area contributed by atoms with E-state index in [9.17, 15) is 0 Å². The van der Waals surface area contributed by atoms with Gasteiger partial charge in [0.2, 0.25) is 0 Å². The van der Waals surface area contributed by atoms with Crippen LogP contribution in [-0.2, 0) is 0 Å². The van der Waals surface area contributed by atoms with Gasteiger partial charge in [0.25, 0.3) is 0 Å². The topological polar surface area (TPSA) is 26.0 Å². The molecule has 1 saturated heterocycles. The zero-order valence-corrected chi connectivity index (χ0v) is 9.07. The predicted octanol–water partition coefficient (Wildman–Crippen LogP) is 2.50. The van der Waals surface area contributed by atoms with Crippen LogP contribution in [0.5, 0.6) is 0 Å². The monoisotopic (exact) mass is 187 g/mol. The highest BCUT2D eigenvalue weighted by molar-refractivity contribution is 7.99. The highest BCUT2D eigenvalue weighted by atomic mass is 32.2. The van der Waals surface area contributed by atoms with Gasteiger partial charge in [-0.25, -0.2) is 0 Å². The summed E-state index contributed by atoms with van der Waals surface area (Å²) in [6.07, 6.45) is 3.85. The average molecular weight is 187 g/mol. The highest BCUT2D eigenvalue weighted by Crippen LogP contribution is 2.30. The summed E-state index contributed by atoms with van der Waals surface area (Å²) in [5, 5.41) is 0. The Balaban J connectivity index is 2.37. The first-order chi connectivity index (χ1) is 5.79. The van der Waals surface area contributed by atoms with Crippen molar-refractivity contribution in [3.63, 3.8) is 0 Å². The molecule has 2 atom stereocenters. The highest BCUT2D eigenvalue weighted by Gasteiger charge is 2.26. The summed E-state index contributed by atoms with van der Waals surface area (Å²) in [7, 11) is 0. The maximum absolute atomic E-state index is 6.23. The van der Waals surface area contributed by atoms with Crippen LogP contribution in [-0.4, -0.2) is 17.5 Å². The Morgan fingerprint density at radius 3 is 2.50 bits per heavy atom. The molecule has 0 spiro atoms. The first-order valence-corrected chi connectivity index (χ1v) is 6.28. The van der Waals surface area contributed by atoms with Gasteiger partial charge in [-0.1, -0.05) is 26.7 Å². The zero-order valence-electron chi connectivity index (χ0n) is 8.25. The van der Waals surface area contributed by atoms with Crippen LogP contribution < -0.4 is 5.73 Å². The summed E-state index contributed by atoms with van der Waals surface area (Å²) >= 11 is 2.07. The molecular formula is C10H21NS. The molecule has 1 nitrogen and oxygen atoms in total. The summed E-state index contributed by atoms with van der Waals surface area (Å²) in [5.74, 6) is 4.20. The third-order valence-corrected chi connectivity index (χ3v) is 4.29. The Morgan fingerprint density at radius 2 is 2.08 bits per heavy atom. The quantitative estimate of drug-likeness (QED) is 0.732. The van der Waals surface area contributed by atoms with E-state index in [1.165, 1.54) is 30.8 Å². The number of rotatable bonds is 4. The first kappa shape index (κ1) is 10.4. The molecule has 1 rings (SSSR count). The minimum absolute atomic E-state index is 0.468. The Hall–Kier alpha value is 0.310. The van der Waals surface area contributed by atoms with Crippen LogP contribution in [0.3, 0.4) is 0 Å². The van der Waals surface area contributed by atoms with Crippen LogP contribution in [0.1, 0.15) is 33.1 Å². The third kappa shape index (κ3) is 2.40. The van der Waals surface area contributed by atoms with Crippen molar-refractivity contribution in [2.24, 2.45) is 17.6 Å². The summed E-state index contributed by atoms with van der Waals surface area (Å²) in [6.45, 7) is 4.52. The molecule has 0 amide bonds. The summed E-state index contributed by atoms with van der Waals surface area (Å²) in [6, 6.07) is 0.468. The van der Waals surface area contributed by atoms with E-state index in [1.54, 1.807) is 0 Å². The molecule has 2 N–H and O–H groups in total. The smallest absolute Gasteiger partial charge is 0.0104 e. The van der Waals surface area contributed by atoms with Gasteiger partial charge in [-0.15, -0.1) is 0 Å². The Morgan fingerprint density at radius 1 is 1.42 bits per heavy atom. The van der Waals surface area contributed by atoms with Gasteiger partial charge >= 0.3 is 0 Å². The number of nitrogens with two attached hydrogens (primary N) is 1. The second-order valence-electron chi connectivity index (χ2n) is 3.78. The Labute approximate surface area is 80.5 Å². The SMILES string of the molecule is CCC(CC)C(N)C1CCSC1. The van der Waals surface area contributed by atoms with E-state index in [-0.39, 0.29) is 0 Å². The van der Waals surface area contributed by atoms with E-state index in [1.807, 2.05) is 0 Å². The fourth-order valence-electron chi connectivity index (χ4n) is 2.07. The molecule has 2 unspecified atom stereocenters. The lowest BCUT2D eigenvalue weighted by Gasteiger charge is -2.26. The van der Waals surface area contributed by atoms with Crippen molar-refractivity contribution in [3.05, 3.63) is 0 Å². The van der Waals surface area contributed by atoms with Gasteiger partial charge in [-0.05, 0) is 29.8 Å². The number of thioether (sulfide) groups is 1. The molecule has 1 aliphatic heterocycles. The van der Waals surface area contributed by atoms with Crippen molar-refractivity contribution in [1.29, 1.82) is 0 Å². The van der Waals surface area contributed by atoms with Crippen molar-refractivity contribution in [2.45, 2.75) is 39.2 Å². The second kappa shape index (κ2) is 5.13. The molecule has 2 heteroatoms. The summed E-state index contributed by atoms with van der Waals surface area (Å²) in [5.41, 5.74) is 6.23. The molecule has 0 saturated carbocycles. The molecule has 72 valence electrons. The van der Waals surface area contributed by atoms with Gasteiger partial charge in [0, 0.05) is 6.04 Å². The van der Waals surface area contributed by atoms with Gasteiger partial charge in [-0.3, -0.25) is 0 Å². The first-order valence-electron chi connectivity index (χ1n) is 5.12. The largest absolute Gasteiger partial charge is 0.327 e. The maximum Gasteiger partial charge on any atom is 0.0104 e. The van der Waals surface area contributed by atoms with Crippen molar-refractivity contribution >= 4 is 11.8 Å². The van der Waals surface area contributed by atoms with Crippen LogP contribution in [0, 0.1) is 11.8 Å². The van der Waals surface area contributed by atoms with Crippen LogP contribution in [0.15, 0.2) is 0 Å². The lowest BCUT2D eigenvalue weighted by molar-refractivity contribution is 0.313. The van der Waals surface area contributed by atoms with E-state index < -0.39 is 0 Å². The molecule has 12 heavy (non-hydrogen) atoms. The molecule has 1 heterocycles. The number of hydrogen-bond acceptors (Lipinski definition) is 2. The molecular weight excluding hydrogens is 166 g/mol. The van der Waals surface area contributed by atoms with Gasteiger partial charge in [0.15, 0.2) is 0 Å². The van der Waals surface area contributed by atoms with Crippen LogP contribution in [0.25, 0.3) is 0 Å². The summed E-state index contributed by atoms with van der Waals surface area (Å²) in [4.78, 5) is 0. The minimum Gasteiger partial charge on any atom is -0.327 e. The van der Waals surface area contributed by atoms with E-state index in [2.05, 4.69) is 25.6 Å². The molecule has 1 aliphatic rings. The van der Waals surface area contributed by atoms with E-state index in [0.29, 0.717) is 6.04 Å². The Bertz CT molecular complexity index is 115. The van der Waals surface area contributed by atoms with Crippen molar-refractivity contribution in [1.82, 2.24) is 0 Å². The normalized spacial score (nSPS) is 26.5. The zero-order chi connectivity index (χ0) is 8.97. The van der Waals surface area contributed by atoms with E-state index in [0.717, 1.165) is 11.8 Å². The van der Waals surface area contributed by atoms with Gasteiger partial charge in [0.1, 0.15) is 0 Å². The standard InChI is InChI=1S/C10H21NS/c1-3-8(4-2)10(11)9-5-6-12-7-9/h8-10H,3-7,11H2,1-2H3. The fourth-order valence-corrected chi connectivity index (χ4v) is 3.40. The number of hydrogen-bond donors (Lipinski definition) is 1. The predicted molar refractivity (Wildman–Crippen MR) is 57.5 cm³/mol. The molecule has 0 radical (unpaired) electrons. The molecule has 1 fully saturated rings. The van der Waals surface area contributed by atoms with Crippen molar-refractivity contribution in [2.75, 3.05) is 11.5 Å². The Kier molecular flexibility index (Phi) is 4.44. The lowest BCUT2D eigenvalue weighted by Crippen LogP contribution is -2.37. The lowest BCUT2D eigenvalue weighted by atomic mass is 9.85. The molecule has 0 aromatic carbocycles. The molecule has 0 bridgehead atoms. The molecule has 0 aromatic heterocycles. The van der Waals surface area contributed by atoms with E-state index >= 15 is 0 Å².